The molecule has 0 spiro atoms. The summed E-state index contributed by atoms with van der Waals surface area (Å²) in [5, 5.41) is 0.665. The highest BCUT2D eigenvalue weighted by Gasteiger charge is 2.14. The monoisotopic (exact) mass is 384 g/mol. The largest absolute Gasteiger partial charge is 0.497 e. The van der Waals surface area contributed by atoms with E-state index in [1.54, 1.807) is 36.4 Å². The Bertz CT molecular complexity index is 1050. The Morgan fingerprint density at radius 2 is 1.82 bits per heavy atom. The molecule has 0 N–H and O–H groups in total. The lowest BCUT2D eigenvalue weighted by molar-refractivity contribution is 0.0473. The lowest BCUT2D eigenvalue weighted by Crippen LogP contribution is -2.08. The second-order valence-electron chi connectivity index (χ2n) is 5.83. The molecule has 0 aliphatic carbocycles. The SMILES string of the molecule is CCOc1cc(C(=O)OCc2cc(=O)oc3cc(OC)ccc23)ccc1OC. The number of esters is 1. The first kappa shape index (κ1) is 19.3. The average Bonchev–Trinajstić information content (AvgIpc) is 2.71. The average molecular weight is 384 g/mol. The van der Waals surface area contributed by atoms with E-state index in [0.717, 1.165) is 0 Å². The van der Waals surface area contributed by atoms with Gasteiger partial charge >= 0.3 is 11.6 Å². The molecule has 1 aromatic heterocycles. The molecule has 0 bridgehead atoms. The van der Waals surface area contributed by atoms with Gasteiger partial charge in [-0.25, -0.2) is 9.59 Å². The third-order valence-electron chi connectivity index (χ3n) is 4.10. The first-order valence-electron chi connectivity index (χ1n) is 8.64. The summed E-state index contributed by atoms with van der Waals surface area (Å²) in [7, 11) is 3.05. The predicted molar refractivity (Wildman–Crippen MR) is 102 cm³/mol. The summed E-state index contributed by atoms with van der Waals surface area (Å²) in [6, 6.07) is 11.2. The van der Waals surface area contributed by atoms with Crippen molar-refractivity contribution >= 4 is 16.9 Å². The minimum absolute atomic E-state index is 0.0801. The smallest absolute Gasteiger partial charge is 0.338 e. The Kier molecular flexibility index (Phi) is 5.84. The van der Waals surface area contributed by atoms with Crippen molar-refractivity contribution in [3.63, 3.8) is 0 Å². The standard InChI is InChI=1S/C21H20O7/c1-4-26-19-9-13(5-8-17(19)25-3)21(23)27-12-14-10-20(22)28-18-11-15(24-2)6-7-16(14)18/h5-11H,4,12H2,1-3H3. The molecule has 0 aliphatic heterocycles. The fourth-order valence-corrected chi connectivity index (χ4v) is 2.76. The third kappa shape index (κ3) is 4.09. The van der Waals surface area contributed by atoms with Crippen LogP contribution in [-0.4, -0.2) is 26.8 Å². The maximum absolute atomic E-state index is 12.5. The predicted octanol–water partition coefficient (Wildman–Crippen LogP) is 3.57. The quantitative estimate of drug-likeness (QED) is 0.455. The van der Waals surface area contributed by atoms with Gasteiger partial charge in [-0.15, -0.1) is 0 Å². The Balaban J connectivity index is 1.83. The molecule has 7 heteroatoms. The van der Waals surface area contributed by atoms with Crippen molar-refractivity contribution in [2.24, 2.45) is 0 Å². The van der Waals surface area contributed by atoms with Gasteiger partial charge in [0.05, 0.1) is 26.4 Å². The molecule has 7 nitrogen and oxygen atoms in total. The lowest BCUT2D eigenvalue weighted by atomic mass is 10.1. The summed E-state index contributed by atoms with van der Waals surface area (Å²) in [5.41, 5.74) is 0.690. The molecule has 1 heterocycles. The number of fused-ring (bicyclic) bond motifs is 1. The zero-order valence-electron chi connectivity index (χ0n) is 15.8. The van der Waals surface area contributed by atoms with Crippen molar-refractivity contribution in [1.82, 2.24) is 0 Å². The van der Waals surface area contributed by atoms with Crippen molar-refractivity contribution in [1.29, 1.82) is 0 Å². The molecule has 3 aromatic rings. The van der Waals surface area contributed by atoms with Gasteiger partial charge in [-0.1, -0.05) is 0 Å². The number of methoxy groups -OCH3 is 2. The highest BCUT2D eigenvalue weighted by molar-refractivity contribution is 5.90. The molecule has 0 atom stereocenters. The van der Waals surface area contributed by atoms with Crippen molar-refractivity contribution in [3.8, 4) is 17.2 Å². The van der Waals surface area contributed by atoms with Crippen LogP contribution in [0.2, 0.25) is 0 Å². The lowest BCUT2D eigenvalue weighted by Gasteiger charge is -2.11. The van der Waals surface area contributed by atoms with Gasteiger partial charge in [0, 0.05) is 23.1 Å². The highest BCUT2D eigenvalue weighted by atomic mass is 16.5. The van der Waals surface area contributed by atoms with Crippen LogP contribution in [0.25, 0.3) is 11.0 Å². The van der Waals surface area contributed by atoms with Crippen LogP contribution < -0.4 is 19.8 Å². The molecule has 0 aliphatic rings. The van der Waals surface area contributed by atoms with E-state index in [2.05, 4.69) is 0 Å². The Morgan fingerprint density at radius 3 is 2.54 bits per heavy atom. The summed E-state index contributed by atoms with van der Waals surface area (Å²) in [6.07, 6.45) is 0. The maximum Gasteiger partial charge on any atom is 0.338 e. The van der Waals surface area contributed by atoms with Crippen LogP contribution in [-0.2, 0) is 11.3 Å². The van der Waals surface area contributed by atoms with E-state index in [1.165, 1.54) is 20.3 Å². The second kappa shape index (κ2) is 8.47. The number of carbonyl (C=O) groups is 1. The molecule has 2 aromatic carbocycles. The molecule has 0 fully saturated rings. The third-order valence-corrected chi connectivity index (χ3v) is 4.10. The van der Waals surface area contributed by atoms with Gasteiger partial charge < -0.3 is 23.4 Å². The number of ether oxygens (including phenoxy) is 4. The molecule has 0 saturated carbocycles. The van der Waals surface area contributed by atoms with Crippen LogP contribution in [0.1, 0.15) is 22.8 Å². The molecular weight excluding hydrogens is 364 g/mol. The van der Waals surface area contributed by atoms with Crippen LogP contribution in [0.3, 0.4) is 0 Å². The Hall–Kier alpha value is -3.48. The summed E-state index contributed by atoms with van der Waals surface area (Å²) >= 11 is 0. The van der Waals surface area contributed by atoms with Crippen LogP contribution in [0, 0.1) is 0 Å². The summed E-state index contributed by atoms with van der Waals surface area (Å²) in [4.78, 5) is 24.3. The number of hydrogen-bond donors (Lipinski definition) is 0. The van der Waals surface area contributed by atoms with Crippen molar-refractivity contribution in [2.75, 3.05) is 20.8 Å². The highest BCUT2D eigenvalue weighted by Crippen LogP contribution is 2.29. The van der Waals surface area contributed by atoms with Gasteiger partial charge in [0.25, 0.3) is 0 Å². The maximum atomic E-state index is 12.5. The molecule has 0 unspecified atom stereocenters. The van der Waals surface area contributed by atoms with E-state index in [1.807, 2.05) is 6.92 Å². The van der Waals surface area contributed by atoms with Crippen LogP contribution in [0.5, 0.6) is 17.2 Å². The number of benzene rings is 2. The molecular formula is C21H20O7. The number of hydrogen-bond acceptors (Lipinski definition) is 7. The molecule has 146 valence electrons. The molecule has 0 saturated heterocycles. The first-order chi connectivity index (χ1) is 13.5. The minimum Gasteiger partial charge on any atom is -0.497 e. The summed E-state index contributed by atoms with van der Waals surface area (Å²) < 4.78 is 26.4. The molecule has 3 rings (SSSR count). The molecule has 0 amide bonds. The number of carbonyl (C=O) groups excluding carboxylic acids is 1. The van der Waals surface area contributed by atoms with Gasteiger partial charge in [-0.05, 0) is 37.3 Å². The van der Waals surface area contributed by atoms with Gasteiger partial charge in [0.1, 0.15) is 17.9 Å². The van der Waals surface area contributed by atoms with Gasteiger partial charge in [-0.2, -0.15) is 0 Å². The molecule has 28 heavy (non-hydrogen) atoms. The number of rotatable bonds is 7. The fourth-order valence-electron chi connectivity index (χ4n) is 2.76. The van der Waals surface area contributed by atoms with Crippen LogP contribution >= 0.6 is 0 Å². The Morgan fingerprint density at radius 1 is 1.00 bits per heavy atom. The van der Waals surface area contributed by atoms with Crippen molar-refractivity contribution < 1.29 is 28.2 Å². The normalized spacial score (nSPS) is 10.5. The van der Waals surface area contributed by atoms with Gasteiger partial charge in [0.2, 0.25) is 0 Å². The van der Waals surface area contributed by atoms with Gasteiger partial charge in [0.15, 0.2) is 11.5 Å². The second-order valence-corrected chi connectivity index (χ2v) is 5.83. The van der Waals surface area contributed by atoms with E-state index in [-0.39, 0.29) is 6.61 Å². The van der Waals surface area contributed by atoms with E-state index < -0.39 is 11.6 Å². The zero-order chi connectivity index (χ0) is 20.1. The Labute approximate surface area is 161 Å². The van der Waals surface area contributed by atoms with Crippen molar-refractivity contribution in [2.45, 2.75) is 13.5 Å². The van der Waals surface area contributed by atoms with Crippen molar-refractivity contribution in [3.05, 3.63) is 64.0 Å². The van der Waals surface area contributed by atoms with Crippen LogP contribution in [0.15, 0.2) is 51.7 Å². The van der Waals surface area contributed by atoms with Gasteiger partial charge in [-0.3, -0.25) is 0 Å². The first-order valence-corrected chi connectivity index (χ1v) is 8.64. The minimum atomic E-state index is -0.543. The van der Waals surface area contributed by atoms with E-state index >= 15 is 0 Å². The zero-order valence-corrected chi connectivity index (χ0v) is 15.8. The molecule has 0 radical (unpaired) electrons. The fraction of sp³-hybridized carbons (Fsp3) is 0.238. The topological polar surface area (TPSA) is 84.2 Å². The van der Waals surface area contributed by atoms with E-state index in [9.17, 15) is 9.59 Å². The summed E-state index contributed by atoms with van der Waals surface area (Å²) in [6.45, 7) is 2.19. The van der Waals surface area contributed by atoms with Crippen LogP contribution in [0.4, 0.5) is 0 Å². The van der Waals surface area contributed by atoms with E-state index in [0.29, 0.717) is 46.0 Å². The summed E-state index contributed by atoms with van der Waals surface area (Å²) in [5.74, 6) is 1.00. The van der Waals surface area contributed by atoms with E-state index in [4.69, 9.17) is 23.4 Å².